The van der Waals surface area contributed by atoms with E-state index in [0.29, 0.717) is 6.54 Å². The normalized spacial score (nSPS) is 14.9. The Balaban J connectivity index is 1.53. The van der Waals surface area contributed by atoms with E-state index < -0.39 is 0 Å². The fourth-order valence-corrected chi connectivity index (χ4v) is 3.17. The molecule has 0 bridgehead atoms. The van der Waals surface area contributed by atoms with E-state index in [0.717, 1.165) is 24.2 Å². The number of fused-ring (bicyclic) bond motifs is 1. The predicted molar refractivity (Wildman–Crippen MR) is 93.3 cm³/mol. The van der Waals surface area contributed by atoms with Crippen molar-refractivity contribution in [2.75, 3.05) is 20.3 Å². The van der Waals surface area contributed by atoms with Crippen molar-refractivity contribution in [1.29, 1.82) is 0 Å². The van der Waals surface area contributed by atoms with Crippen LogP contribution in [0.15, 0.2) is 48.5 Å². The van der Waals surface area contributed by atoms with Crippen molar-refractivity contribution in [2.24, 2.45) is 0 Å². The molecule has 1 amide bonds. The predicted octanol–water partition coefficient (Wildman–Crippen LogP) is 2.67. The zero-order valence-electron chi connectivity index (χ0n) is 14.2. The first-order valence-corrected chi connectivity index (χ1v) is 8.19. The Morgan fingerprint density at radius 1 is 1.08 bits per heavy atom. The molecule has 2 aromatic rings. The van der Waals surface area contributed by atoms with Crippen LogP contribution in [0.1, 0.15) is 16.7 Å². The fourth-order valence-electron chi connectivity index (χ4n) is 3.17. The maximum absolute atomic E-state index is 12.1. The van der Waals surface area contributed by atoms with Crippen molar-refractivity contribution in [3.05, 3.63) is 65.2 Å². The largest absolute Gasteiger partial charge is 0.484 e. The summed E-state index contributed by atoms with van der Waals surface area (Å²) >= 11 is 0. The summed E-state index contributed by atoms with van der Waals surface area (Å²) in [5, 5.41) is 2.95. The number of amides is 1. The van der Waals surface area contributed by atoms with Gasteiger partial charge in [-0.1, -0.05) is 42.5 Å². The third kappa shape index (κ3) is 3.60. The Hall–Kier alpha value is -2.33. The Labute approximate surface area is 142 Å². The summed E-state index contributed by atoms with van der Waals surface area (Å²) in [4.78, 5) is 12.1. The molecule has 1 aliphatic carbocycles. The van der Waals surface area contributed by atoms with Crippen molar-refractivity contribution < 1.29 is 14.3 Å². The summed E-state index contributed by atoms with van der Waals surface area (Å²) in [6.45, 7) is 2.45. The van der Waals surface area contributed by atoms with Crippen molar-refractivity contribution in [3.8, 4) is 5.75 Å². The van der Waals surface area contributed by atoms with Crippen LogP contribution in [0.5, 0.6) is 5.75 Å². The second-order valence-corrected chi connectivity index (χ2v) is 6.34. The van der Waals surface area contributed by atoms with Gasteiger partial charge < -0.3 is 14.8 Å². The van der Waals surface area contributed by atoms with Crippen LogP contribution in [-0.2, 0) is 22.4 Å². The van der Waals surface area contributed by atoms with Gasteiger partial charge in [-0.3, -0.25) is 4.79 Å². The third-order valence-electron chi connectivity index (χ3n) is 4.64. The maximum atomic E-state index is 12.1. The van der Waals surface area contributed by atoms with Gasteiger partial charge in [-0.15, -0.1) is 0 Å². The molecule has 0 saturated heterocycles. The molecule has 0 spiro atoms. The van der Waals surface area contributed by atoms with Crippen LogP contribution in [0.3, 0.4) is 0 Å². The standard InChI is InChI=1S/C20H23NO3/c1-15-7-3-6-10-18(15)24-13-19(22)21-14-20(23-2)11-16-8-4-5-9-17(16)12-20/h3-10H,11-14H2,1-2H3,(H,21,22). The lowest BCUT2D eigenvalue weighted by molar-refractivity contribution is -0.124. The monoisotopic (exact) mass is 325 g/mol. The van der Waals surface area contributed by atoms with Gasteiger partial charge in [-0.05, 0) is 29.7 Å². The molecule has 0 aromatic heterocycles. The van der Waals surface area contributed by atoms with Crippen LogP contribution >= 0.6 is 0 Å². The number of rotatable bonds is 6. The highest BCUT2D eigenvalue weighted by Gasteiger charge is 2.37. The van der Waals surface area contributed by atoms with Crippen molar-refractivity contribution in [1.82, 2.24) is 5.32 Å². The number of nitrogens with one attached hydrogen (secondary N) is 1. The van der Waals surface area contributed by atoms with E-state index in [2.05, 4.69) is 17.4 Å². The molecular weight excluding hydrogens is 302 g/mol. The van der Waals surface area contributed by atoms with Gasteiger partial charge in [0.25, 0.3) is 5.91 Å². The molecule has 0 atom stereocenters. The molecule has 0 aliphatic heterocycles. The van der Waals surface area contributed by atoms with Gasteiger partial charge in [0.1, 0.15) is 5.75 Å². The zero-order chi connectivity index (χ0) is 17.0. The van der Waals surface area contributed by atoms with E-state index in [1.165, 1.54) is 11.1 Å². The Morgan fingerprint density at radius 3 is 2.33 bits per heavy atom. The van der Waals surface area contributed by atoms with Gasteiger partial charge in [0, 0.05) is 26.5 Å². The van der Waals surface area contributed by atoms with Crippen LogP contribution in [0.2, 0.25) is 0 Å². The molecule has 3 rings (SSSR count). The van der Waals surface area contributed by atoms with Crippen molar-refractivity contribution in [2.45, 2.75) is 25.4 Å². The lowest BCUT2D eigenvalue weighted by Gasteiger charge is -2.27. The molecule has 0 fully saturated rings. The Morgan fingerprint density at radius 2 is 1.71 bits per heavy atom. The van der Waals surface area contributed by atoms with Gasteiger partial charge in [-0.25, -0.2) is 0 Å². The van der Waals surface area contributed by atoms with E-state index in [1.54, 1.807) is 7.11 Å². The minimum Gasteiger partial charge on any atom is -0.484 e. The van der Waals surface area contributed by atoms with Gasteiger partial charge in [0.05, 0.1) is 5.60 Å². The summed E-state index contributed by atoms with van der Waals surface area (Å²) in [5.74, 6) is 0.605. The van der Waals surface area contributed by atoms with Gasteiger partial charge >= 0.3 is 0 Å². The van der Waals surface area contributed by atoms with Crippen LogP contribution < -0.4 is 10.1 Å². The molecule has 2 aromatic carbocycles. The molecule has 1 aliphatic rings. The van der Waals surface area contributed by atoms with E-state index in [1.807, 2.05) is 43.3 Å². The molecule has 126 valence electrons. The minimum absolute atomic E-state index is 0.0115. The maximum Gasteiger partial charge on any atom is 0.258 e. The molecule has 1 N–H and O–H groups in total. The van der Waals surface area contributed by atoms with Crippen LogP contribution in [0.25, 0.3) is 0 Å². The van der Waals surface area contributed by atoms with E-state index in [9.17, 15) is 4.79 Å². The minimum atomic E-state index is -0.359. The molecule has 0 unspecified atom stereocenters. The third-order valence-corrected chi connectivity index (χ3v) is 4.64. The van der Waals surface area contributed by atoms with Crippen LogP contribution in [-0.4, -0.2) is 31.8 Å². The number of ether oxygens (including phenoxy) is 2. The molecule has 4 nitrogen and oxygen atoms in total. The zero-order valence-corrected chi connectivity index (χ0v) is 14.2. The summed E-state index contributed by atoms with van der Waals surface area (Å²) in [6, 6.07) is 16.0. The molecule has 0 saturated carbocycles. The number of para-hydroxylation sites is 1. The van der Waals surface area contributed by atoms with Crippen molar-refractivity contribution >= 4 is 5.91 Å². The fraction of sp³-hybridized carbons (Fsp3) is 0.350. The molecule has 4 heteroatoms. The molecule has 24 heavy (non-hydrogen) atoms. The Bertz CT molecular complexity index is 701. The second-order valence-electron chi connectivity index (χ2n) is 6.34. The van der Waals surface area contributed by atoms with E-state index in [4.69, 9.17) is 9.47 Å². The average molecular weight is 325 g/mol. The van der Waals surface area contributed by atoms with E-state index in [-0.39, 0.29) is 18.1 Å². The van der Waals surface area contributed by atoms with Gasteiger partial charge in [0.2, 0.25) is 0 Å². The van der Waals surface area contributed by atoms with Gasteiger partial charge in [-0.2, -0.15) is 0 Å². The number of carbonyl (C=O) groups excluding carboxylic acids is 1. The first-order valence-electron chi connectivity index (χ1n) is 8.19. The summed E-state index contributed by atoms with van der Waals surface area (Å²) in [7, 11) is 1.71. The first kappa shape index (κ1) is 16.5. The Kier molecular flexibility index (Phi) is 4.86. The number of carbonyl (C=O) groups is 1. The second kappa shape index (κ2) is 7.05. The van der Waals surface area contributed by atoms with E-state index >= 15 is 0 Å². The highest BCUT2D eigenvalue weighted by Crippen LogP contribution is 2.32. The van der Waals surface area contributed by atoms with Crippen LogP contribution in [0, 0.1) is 6.92 Å². The molecular formula is C20H23NO3. The lowest BCUT2D eigenvalue weighted by Crippen LogP contribution is -2.46. The van der Waals surface area contributed by atoms with Crippen molar-refractivity contribution in [3.63, 3.8) is 0 Å². The first-order chi connectivity index (χ1) is 11.6. The summed E-state index contributed by atoms with van der Waals surface area (Å²) < 4.78 is 11.3. The molecule has 0 heterocycles. The lowest BCUT2D eigenvalue weighted by atomic mass is 10.00. The summed E-state index contributed by atoms with van der Waals surface area (Å²) in [5.41, 5.74) is 3.25. The SMILES string of the molecule is COC1(CNC(=O)COc2ccccc2C)Cc2ccccc2C1. The number of methoxy groups -OCH3 is 1. The quantitative estimate of drug-likeness (QED) is 0.888. The average Bonchev–Trinajstić information content (AvgIpc) is 2.98. The number of aryl methyl sites for hydroxylation is 1. The molecule has 0 radical (unpaired) electrons. The number of hydrogen-bond donors (Lipinski definition) is 1. The smallest absolute Gasteiger partial charge is 0.258 e. The number of hydrogen-bond acceptors (Lipinski definition) is 3. The highest BCUT2D eigenvalue weighted by atomic mass is 16.5. The van der Waals surface area contributed by atoms with Gasteiger partial charge in [0.15, 0.2) is 6.61 Å². The highest BCUT2D eigenvalue weighted by molar-refractivity contribution is 5.77. The topological polar surface area (TPSA) is 47.6 Å². The van der Waals surface area contributed by atoms with Crippen LogP contribution in [0.4, 0.5) is 0 Å². The number of benzene rings is 2. The summed E-state index contributed by atoms with van der Waals surface area (Å²) in [6.07, 6.45) is 1.64.